The van der Waals surface area contributed by atoms with Gasteiger partial charge in [0.05, 0.1) is 5.56 Å². The Hall–Kier alpha value is -2.34. The maximum absolute atomic E-state index is 13.7. The zero-order valence-electron chi connectivity index (χ0n) is 27.0. The van der Waals surface area contributed by atoms with Crippen molar-refractivity contribution in [2.24, 2.45) is 33.5 Å². The molecule has 4 aliphatic carbocycles. The van der Waals surface area contributed by atoms with Crippen molar-refractivity contribution >= 4 is 29.5 Å². The zero-order chi connectivity index (χ0) is 31.4. The molecule has 1 unspecified atom stereocenters. The van der Waals surface area contributed by atoms with E-state index < -0.39 is 24.0 Å². The van der Waals surface area contributed by atoms with Gasteiger partial charge in [-0.2, -0.15) is 0 Å². The quantitative estimate of drug-likeness (QED) is 0.149. The van der Waals surface area contributed by atoms with E-state index in [1.165, 1.54) is 0 Å². The zero-order valence-corrected chi connectivity index (χ0v) is 27.7. The van der Waals surface area contributed by atoms with Crippen molar-refractivity contribution in [2.75, 3.05) is 0 Å². The molecular formula is C36H49ClO6. The molecule has 4 bridgehead atoms. The number of carbonyl (C=O) groups is 3. The highest BCUT2D eigenvalue weighted by molar-refractivity contribution is 6.31. The molecule has 0 radical (unpaired) electrons. The molecule has 0 spiro atoms. The van der Waals surface area contributed by atoms with Crippen LogP contribution in [0.15, 0.2) is 30.4 Å². The van der Waals surface area contributed by atoms with Crippen LogP contribution in [0, 0.1) is 33.5 Å². The van der Waals surface area contributed by atoms with Gasteiger partial charge in [0.15, 0.2) is 0 Å². The van der Waals surface area contributed by atoms with E-state index in [0.717, 1.165) is 63.5 Å². The van der Waals surface area contributed by atoms with E-state index in [-0.39, 0.29) is 33.9 Å². The molecule has 4 fully saturated rings. The van der Waals surface area contributed by atoms with Crippen LogP contribution in [0.25, 0.3) is 0 Å². The largest absolute Gasteiger partial charge is 0.459 e. The number of benzene rings is 1. The van der Waals surface area contributed by atoms with Gasteiger partial charge < -0.3 is 14.2 Å². The van der Waals surface area contributed by atoms with E-state index in [1.54, 1.807) is 18.2 Å². The molecule has 6 nitrogen and oxygen atoms in total. The predicted molar refractivity (Wildman–Crippen MR) is 166 cm³/mol. The Bertz CT molecular complexity index is 1300. The maximum atomic E-state index is 13.7. The summed E-state index contributed by atoms with van der Waals surface area (Å²) in [5.74, 6) is -0.555. The van der Waals surface area contributed by atoms with Crippen molar-refractivity contribution in [3.8, 4) is 0 Å². The minimum Gasteiger partial charge on any atom is -0.459 e. The first-order chi connectivity index (χ1) is 20.1. The van der Waals surface area contributed by atoms with Crippen molar-refractivity contribution in [1.29, 1.82) is 0 Å². The predicted octanol–water partition coefficient (Wildman–Crippen LogP) is 8.80. The van der Waals surface area contributed by atoms with E-state index in [9.17, 15) is 14.4 Å². The van der Waals surface area contributed by atoms with Gasteiger partial charge in [-0.15, -0.1) is 0 Å². The van der Waals surface area contributed by atoms with Crippen molar-refractivity contribution in [3.05, 3.63) is 46.5 Å². The Kier molecular flexibility index (Phi) is 8.61. The van der Waals surface area contributed by atoms with Crippen LogP contribution in [0.5, 0.6) is 0 Å². The third kappa shape index (κ3) is 5.44. The molecule has 1 aromatic carbocycles. The second kappa shape index (κ2) is 11.5. The van der Waals surface area contributed by atoms with Crippen molar-refractivity contribution in [1.82, 2.24) is 0 Å². The van der Waals surface area contributed by atoms with Gasteiger partial charge in [0.2, 0.25) is 0 Å². The highest BCUT2D eigenvalue weighted by atomic mass is 35.5. The molecule has 1 aromatic rings. The monoisotopic (exact) mass is 612 g/mol. The number of carbonyl (C=O) groups excluding carboxylic acids is 3. The molecule has 0 saturated heterocycles. The lowest BCUT2D eigenvalue weighted by molar-refractivity contribution is -0.151. The van der Waals surface area contributed by atoms with Crippen LogP contribution < -0.4 is 0 Å². The summed E-state index contributed by atoms with van der Waals surface area (Å²) in [6.07, 6.45) is 9.60. The minimum atomic E-state index is -0.690. The molecule has 0 amide bonds. The Balaban J connectivity index is 1.28. The molecule has 5 rings (SSSR count). The van der Waals surface area contributed by atoms with Crippen LogP contribution in [-0.4, -0.2) is 30.1 Å². The second-order valence-corrected chi connectivity index (χ2v) is 15.6. The molecule has 7 atom stereocenters. The Morgan fingerprint density at radius 2 is 1.44 bits per heavy atom. The fourth-order valence-corrected chi connectivity index (χ4v) is 9.13. The summed E-state index contributed by atoms with van der Waals surface area (Å²) in [7, 11) is 0. The standard InChI is InChI=1S/C36H49ClO6/c1-8-9-10-27(41-30(38)13-14-31(39)42-28-19-22-15-17-35(28,6)33(22,2)3)25-12-11-24(37)21-26(25)32(40)43-29-20-23-16-18-36(29,7)34(23,4)5/h11-14,21-23,27-29H,8-10,15-20H2,1-7H3/b14-13+/t22-,23-,27?,28+,29+,35+,36+/m0/s1. The normalized spacial score (nSPS) is 34.0. The SMILES string of the molecule is CCCCC(OC(=O)/C=C/C(=O)O[C@@H]1C[C@@H]2CC[C@@]1(C)C2(C)C)c1ccc(Cl)cc1C(=O)O[C@@H]1C[C@@H]2CC[C@@]1(C)C2(C)C. The number of fused-ring (bicyclic) bond motifs is 4. The molecular weight excluding hydrogens is 564 g/mol. The third-order valence-corrected chi connectivity index (χ3v) is 13.2. The second-order valence-electron chi connectivity index (χ2n) is 15.2. The maximum Gasteiger partial charge on any atom is 0.338 e. The summed E-state index contributed by atoms with van der Waals surface area (Å²) in [6, 6.07) is 5.05. The van der Waals surface area contributed by atoms with Crippen molar-refractivity contribution < 1.29 is 28.6 Å². The Morgan fingerprint density at radius 1 is 0.884 bits per heavy atom. The van der Waals surface area contributed by atoms with E-state index in [4.69, 9.17) is 25.8 Å². The molecule has 4 aliphatic rings. The third-order valence-electron chi connectivity index (χ3n) is 13.0. The van der Waals surface area contributed by atoms with Gasteiger partial charge in [-0.1, -0.05) is 72.6 Å². The molecule has 7 heteroatoms. The van der Waals surface area contributed by atoms with Gasteiger partial charge in [0, 0.05) is 33.6 Å². The molecule has 0 N–H and O–H groups in total. The highest BCUT2D eigenvalue weighted by Gasteiger charge is 2.64. The van der Waals surface area contributed by atoms with Gasteiger partial charge in [-0.25, -0.2) is 14.4 Å². The van der Waals surface area contributed by atoms with Crippen LogP contribution in [0.4, 0.5) is 0 Å². The van der Waals surface area contributed by atoms with Gasteiger partial charge in [0.25, 0.3) is 0 Å². The average molecular weight is 613 g/mol. The van der Waals surface area contributed by atoms with Crippen LogP contribution in [0.2, 0.25) is 5.02 Å². The lowest BCUT2D eigenvalue weighted by Crippen LogP contribution is -2.38. The smallest absolute Gasteiger partial charge is 0.338 e. The Morgan fingerprint density at radius 3 is 1.95 bits per heavy atom. The highest BCUT2D eigenvalue weighted by Crippen LogP contribution is 2.67. The number of hydrogen-bond acceptors (Lipinski definition) is 6. The number of halogens is 1. The van der Waals surface area contributed by atoms with Crippen LogP contribution in [0.3, 0.4) is 0 Å². The van der Waals surface area contributed by atoms with Gasteiger partial charge in [-0.3, -0.25) is 0 Å². The van der Waals surface area contributed by atoms with Gasteiger partial charge >= 0.3 is 17.9 Å². The lowest BCUT2D eigenvalue weighted by Gasteiger charge is -2.38. The summed E-state index contributed by atoms with van der Waals surface area (Å²) in [5.41, 5.74) is 0.976. The first-order valence-corrected chi connectivity index (χ1v) is 16.6. The van der Waals surface area contributed by atoms with Gasteiger partial charge in [-0.05, 0) is 86.2 Å². The van der Waals surface area contributed by atoms with Crippen LogP contribution in [0.1, 0.15) is 128 Å². The molecule has 0 heterocycles. The first-order valence-electron chi connectivity index (χ1n) is 16.2. The summed E-state index contributed by atoms with van der Waals surface area (Å²) in [5, 5.41) is 0.413. The number of ether oxygens (including phenoxy) is 3. The summed E-state index contributed by atoms with van der Waals surface area (Å²) < 4.78 is 17.9. The number of hydrogen-bond donors (Lipinski definition) is 0. The summed E-state index contributed by atoms with van der Waals surface area (Å²) >= 11 is 6.36. The number of rotatable bonds is 10. The number of unbranched alkanes of at least 4 members (excludes halogenated alkanes) is 1. The molecule has 236 valence electrons. The van der Waals surface area contributed by atoms with E-state index in [0.29, 0.717) is 34.4 Å². The molecule has 4 saturated carbocycles. The Labute approximate surface area is 262 Å². The molecule has 43 heavy (non-hydrogen) atoms. The topological polar surface area (TPSA) is 78.9 Å². The molecule has 0 aliphatic heterocycles. The van der Waals surface area contributed by atoms with E-state index >= 15 is 0 Å². The summed E-state index contributed by atoms with van der Waals surface area (Å²) in [6.45, 7) is 15.6. The fourth-order valence-electron chi connectivity index (χ4n) is 8.96. The number of esters is 3. The minimum absolute atomic E-state index is 0.0578. The van der Waals surface area contributed by atoms with Gasteiger partial charge in [0.1, 0.15) is 18.3 Å². The van der Waals surface area contributed by atoms with E-state index in [2.05, 4.69) is 48.5 Å². The van der Waals surface area contributed by atoms with Crippen molar-refractivity contribution in [3.63, 3.8) is 0 Å². The van der Waals surface area contributed by atoms with Crippen molar-refractivity contribution in [2.45, 2.75) is 125 Å². The average Bonchev–Trinajstić information content (AvgIpc) is 3.46. The van der Waals surface area contributed by atoms with E-state index in [1.807, 2.05) is 0 Å². The fraction of sp³-hybridized carbons (Fsp3) is 0.694. The first kappa shape index (κ1) is 32.1. The van der Waals surface area contributed by atoms with Crippen LogP contribution >= 0.6 is 11.6 Å². The van der Waals surface area contributed by atoms with Crippen LogP contribution in [-0.2, 0) is 23.8 Å². The lowest BCUT2D eigenvalue weighted by atomic mass is 9.70. The molecule has 0 aromatic heterocycles. The summed E-state index contributed by atoms with van der Waals surface area (Å²) in [4.78, 5) is 39.4.